The average Bonchev–Trinajstić information content (AvgIpc) is 2.27. The highest BCUT2D eigenvalue weighted by atomic mass is 32.2. The van der Waals surface area contributed by atoms with Crippen LogP contribution in [0, 0.1) is 12.3 Å². The van der Waals surface area contributed by atoms with E-state index in [0.717, 1.165) is 10.5 Å². The maximum Gasteiger partial charge on any atom is 0.0803 e. The lowest BCUT2D eigenvalue weighted by Crippen LogP contribution is -2.26. The highest BCUT2D eigenvalue weighted by Crippen LogP contribution is 2.26. The van der Waals surface area contributed by atoms with Crippen LogP contribution in [0.5, 0.6) is 0 Å². The molecule has 2 atom stereocenters. The van der Waals surface area contributed by atoms with Gasteiger partial charge in [0.2, 0.25) is 0 Å². The molecule has 0 aliphatic rings. The van der Waals surface area contributed by atoms with Crippen molar-refractivity contribution < 1.29 is 9.32 Å². The molecule has 0 radical (unpaired) electrons. The van der Waals surface area contributed by atoms with Gasteiger partial charge in [0.15, 0.2) is 0 Å². The number of aliphatic hydroxyl groups is 1. The molecular weight excluding hydrogens is 244 g/mol. The van der Waals surface area contributed by atoms with Crippen LogP contribution in [0.4, 0.5) is 0 Å². The topological polar surface area (TPSA) is 37.3 Å². The maximum absolute atomic E-state index is 12.2. The third-order valence-electron chi connectivity index (χ3n) is 2.92. The maximum atomic E-state index is 12.2. The second-order valence-electron chi connectivity index (χ2n) is 5.71. The second kappa shape index (κ2) is 5.81. The second-order valence-corrected chi connectivity index (χ2v) is 7.29. The van der Waals surface area contributed by atoms with Gasteiger partial charge in [0.25, 0.3) is 0 Å². The molecule has 0 fully saturated rings. The van der Waals surface area contributed by atoms with Gasteiger partial charge in [-0.2, -0.15) is 0 Å². The Morgan fingerprint density at radius 3 is 2.28 bits per heavy atom. The average molecular weight is 266 g/mol. The molecule has 0 aromatic heterocycles. The van der Waals surface area contributed by atoms with Crippen molar-refractivity contribution in [3.63, 3.8) is 0 Å². The van der Waals surface area contributed by atoms with Crippen LogP contribution in [-0.4, -0.2) is 15.4 Å². The summed E-state index contributed by atoms with van der Waals surface area (Å²) < 4.78 is 12.2. The summed E-state index contributed by atoms with van der Waals surface area (Å²) in [5.74, 6) is 0. The first kappa shape index (κ1) is 15.1. The van der Waals surface area contributed by atoms with Gasteiger partial charge in [0.1, 0.15) is 0 Å². The zero-order chi connectivity index (χ0) is 13.9. The molecule has 1 unspecified atom stereocenters. The Bertz CT molecular complexity index is 441. The van der Waals surface area contributed by atoms with Gasteiger partial charge < -0.3 is 5.11 Å². The van der Waals surface area contributed by atoms with Gasteiger partial charge >= 0.3 is 0 Å². The number of aliphatic hydroxyl groups excluding tert-OH is 1. The van der Waals surface area contributed by atoms with Gasteiger partial charge in [-0.05, 0) is 24.5 Å². The molecule has 18 heavy (non-hydrogen) atoms. The van der Waals surface area contributed by atoms with Gasteiger partial charge in [0.05, 0.1) is 16.9 Å². The molecule has 2 nitrogen and oxygen atoms in total. The molecule has 1 N–H and O–H groups in total. The van der Waals surface area contributed by atoms with Crippen LogP contribution in [0.1, 0.15) is 32.8 Å². The lowest BCUT2D eigenvalue weighted by atomic mass is 9.87. The van der Waals surface area contributed by atoms with E-state index in [9.17, 15) is 9.32 Å². The molecule has 1 aromatic carbocycles. The molecule has 0 amide bonds. The van der Waals surface area contributed by atoms with E-state index in [1.807, 2.05) is 52.0 Å². The Hall–Kier alpha value is -0.930. The van der Waals surface area contributed by atoms with Crippen LogP contribution >= 0.6 is 0 Å². The Morgan fingerprint density at radius 2 is 1.83 bits per heavy atom. The summed E-state index contributed by atoms with van der Waals surface area (Å²) in [6, 6.07) is 7.56. The highest BCUT2D eigenvalue weighted by Gasteiger charge is 2.24. The van der Waals surface area contributed by atoms with E-state index in [-0.39, 0.29) is 5.41 Å². The molecule has 0 saturated carbocycles. The van der Waals surface area contributed by atoms with Crippen molar-refractivity contribution in [3.8, 4) is 0 Å². The van der Waals surface area contributed by atoms with E-state index in [1.54, 1.807) is 0 Å². The van der Waals surface area contributed by atoms with E-state index in [4.69, 9.17) is 0 Å². The zero-order valence-corrected chi connectivity index (χ0v) is 12.4. The molecule has 0 heterocycles. The predicted octanol–water partition coefficient (Wildman–Crippen LogP) is 3.41. The fourth-order valence-corrected chi connectivity index (χ4v) is 2.45. The number of hydrogen-bond acceptors (Lipinski definition) is 2. The lowest BCUT2D eigenvalue weighted by molar-refractivity contribution is 0.0652. The van der Waals surface area contributed by atoms with E-state index in [2.05, 4.69) is 6.58 Å². The molecule has 0 aliphatic heterocycles. The SMILES string of the molecule is C=C(C[C@@H](O)C(C)(C)C)S(=O)c1ccc(C)cc1. The van der Waals surface area contributed by atoms with Crippen molar-refractivity contribution in [1.29, 1.82) is 0 Å². The first-order valence-electron chi connectivity index (χ1n) is 6.06. The highest BCUT2D eigenvalue weighted by molar-refractivity contribution is 7.89. The lowest BCUT2D eigenvalue weighted by Gasteiger charge is -2.26. The Morgan fingerprint density at radius 1 is 1.33 bits per heavy atom. The van der Waals surface area contributed by atoms with Crippen LogP contribution in [0.25, 0.3) is 0 Å². The molecular formula is C15H22O2S. The number of rotatable bonds is 4. The predicted molar refractivity (Wildman–Crippen MR) is 76.8 cm³/mol. The van der Waals surface area contributed by atoms with E-state index in [0.29, 0.717) is 11.3 Å². The van der Waals surface area contributed by atoms with Gasteiger partial charge in [-0.3, -0.25) is 0 Å². The molecule has 0 bridgehead atoms. The van der Waals surface area contributed by atoms with Crippen molar-refractivity contribution in [2.75, 3.05) is 0 Å². The minimum absolute atomic E-state index is 0.222. The van der Waals surface area contributed by atoms with Crippen molar-refractivity contribution in [3.05, 3.63) is 41.3 Å². The molecule has 1 rings (SSSR count). The van der Waals surface area contributed by atoms with Crippen molar-refractivity contribution in [2.45, 2.75) is 45.1 Å². The third kappa shape index (κ3) is 4.07. The zero-order valence-electron chi connectivity index (χ0n) is 11.6. The smallest absolute Gasteiger partial charge is 0.0803 e. The number of aryl methyl sites for hydroxylation is 1. The first-order chi connectivity index (χ1) is 8.21. The number of benzene rings is 1. The van der Waals surface area contributed by atoms with Crippen molar-refractivity contribution in [1.82, 2.24) is 0 Å². The molecule has 0 aliphatic carbocycles. The summed E-state index contributed by atoms with van der Waals surface area (Å²) in [4.78, 5) is 1.31. The summed E-state index contributed by atoms with van der Waals surface area (Å²) in [6.07, 6.45) is -0.163. The standard InChI is InChI=1S/C15H22O2S/c1-11-6-8-13(9-7-11)18(17)12(2)10-14(16)15(3,4)5/h6-9,14,16H,2,10H2,1,3-5H3/t14-,18?/m1/s1. The third-order valence-corrected chi connectivity index (χ3v) is 4.31. The molecule has 1 aromatic rings. The first-order valence-corrected chi connectivity index (χ1v) is 7.21. The summed E-state index contributed by atoms with van der Waals surface area (Å²) >= 11 is 0. The number of hydrogen-bond donors (Lipinski definition) is 1. The summed E-state index contributed by atoms with van der Waals surface area (Å²) in [5.41, 5.74) is 0.913. The van der Waals surface area contributed by atoms with Gasteiger partial charge in [-0.1, -0.05) is 45.0 Å². The summed E-state index contributed by atoms with van der Waals surface area (Å²) in [5, 5.41) is 10.0. The Balaban J connectivity index is 2.74. The van der Waals surface area contributed by atoms with Crippen LogP contribution < -0.4 is 0 Å². The van der Waals surface area contributed by atoms with Crippen molar-refractivity contribution >= 4 is 10.8 Å². The van der Waals surface area contributed by atoms with E-state index >= 15 is 0 Å². The molecule has 0 saturated heterocycles. The minimum Gasteiger partial charge on any atom is -0.392 e. The molecule has 3 heteroatoms. The molecule has 100 valence electrons. The van der Waals surface area contributed by atoms with Crippen molar-refractivity contribution in [2.24, 2.45) is 5.41 Å². The van der Waals surface area contributed by atoms with Gasteiger partial charge in [-0.25, -0.2) is 4.21 Å². The summed E-state index contributed by atoms with van der Waals surface area (Å²) in [7, 11) is -1.25. The fourth-order valence-electron chi connectivity index (χ4n) is 1.43. The minimum atomic E-state index is -1.25. The monoisotopic (exact) mass is 266 g/mol. The van der Waals surface area contributed by atoms with E-state index < -0.39 is 16.9 Å². The van der Waals surface area contributed by atoms with Gasteiger partial charge in [0, 0.05) is 16.2 Å². The fraction of sp³-hybridized carbons (Fsp3) is 0.467. The van der Waals surface area contributed by atoms with Crippen LogP contribution in [0.15, 0.2) is 40.6 Å². The Labute approximate surface area is 112 Å². The largest absolute Gasteiger partial charge is 0.392 e. The van der Waals surface area contributed by atoms with Gasteiger partial charge in [-0.15, -0.1) is 0 Å². The summed E-state index contributed by atoms with van der Waals surface area (Å²) in [6.45, 7) is 11.7. The van der Waals surface area contributed by atoms with Crippen LogP contribution in [0.2, 0.25) is 0 Å². The van der Waals surface area contributed by atoms with E-state index in [1.165, 1.54) is 0 Å². The van der Waals surface area contributed by atoms with Crippen LogP contribution in [0.3, 0.4) is 0 Å². The Kier molecular flexibility index (Phi) is 4.88. The molecule has 0 spiro atoms. The normalized spacial score (nSPS) is 15.2. The van der Waals surface area contributed by atoms with Crippen LogP contribution in [-0.2, 0) is 10.8 Å². The quantitative estimate of drug-likeness (QED) is 0.906.